The summed E-state index contributed by atoms with van der Waals surface area (Å²) in [7, 11) is 0. The quantitative estimate of drug-likeness (QED) is 0.152. The van der Waals surface area contributed by atoms with E-state index >= 15 is 0 Å². The number of benzene rings is 5. The molecule has 0 saturated heterocycles. The number of fused-ring (bicyclic) bond motifs is 4. The van der Waals surface area contributed by atoms with E-state index in [2.05, 4.69) is 229 Å². The second-order valence-electron chi connectivity index (χ2n) is 25.0. The molecule has 0 saturated carbocycles. The van der Waals surface area contributed by atoms with E-state index in [1.54, 1.807) is 0 Å². The van der Waals surface area contributed by atoms with Crippen LogP contribution in [0, 0.1) is 6.92 Å². The van der Waals surface area contributed by atoms with Crippen LogP contribution >= 0.6 is 11.6 Å². The first-order valence-electron chi connectivity index (χ1n) is 23.2. The molecule has 2 aliphatic heterocycles. The van der Waals surface area contributed by atoms with Crippen LogP contribution in [0.1, 0.15) is 186 Å². The molecule has 2 heterocycles. The highest BCUT2D eigenvalue weighted by molar-refractivity contribution is 6.99. The van der Waals surface area contributed by atoms with Crippen molar-refractivity contribution in [2.24, 2.45) is 0 Å². The van der Waals surface area contributed by atoms with Gasteiger partial charge in [0.15, 0.2) is 0 Å². The summed E-state index contributed by atoms with van der Waals surface area (Å²) in [6.45, 7) is 45.2. The third kappa shape index (κ3) is 8.64. The van der Waals surface area contributed by atoms with Gasteiger partial charge in [-0.2, -0.15) is 0 Å². The number of aryl methyl sites for hydroxylation is 1. The molecule has 0 bridgehead atoms. The Balaban J connectivity index is 1.66. The fraction of sp³-hybridized carbons (Fsp3) is 0.424. The van der Waals surface area contributed by atoms with Gasteiger partial charge in [-0.25, -0.2) is 0 Å². The van der Waals surface area contributed by atoms with Crippen LogP contribution in [0.25, 0.3) is 24.3 Å². The second kappa shape index (κ2) is 15.3. The van der Waals surface area contributed by atoms with Gasteiger partial charge in [0.2, 0.25) is 13.4 Å². The van der Waals surface area contributed by atoms with Crippen molar-refractivity contribution in [1.29, 1.82) is 0 Å². The van der Waals surface area contributed by atoms with E-state index in [9.17, 15) is 0 Å². The fourth-order valence-corrected chi connectivity index (χ4v) is 10.3. The number of halogens is 1. The lowest BCUT2D eigenvalue weighted by atomic mass is 9.31. The summed E-state index contributed by atoms with van der Waals surface area (Å²) in [4.78, 5) is 0. The van der Waals surface area contributed by atoms with Gasteiger partial charge in [0.05, 0.1) is 0 Å². The Morgan fingerprint density at radius 3 is 0.968 bits per heavy atom. The van der Waals surface area contributed by atoms with Gasteiger partial charge < -0.3 is 0 Å². The zero-order valence-electron chi connectivity index (χ0n) is 41.8. The van der Waals surface area contributed by atoms with E-state index in [-0.39, 0.29) is 45.9 Å². The first kappa shape index (κ1) is 46.0. The standard InChI is InChI=1S/C59H73B2Cl/c1-36-20-26-48-37(28-36)21-23-39-30-51-40(31-50(39)60(48)52-44(56(8,9)10)32-41(54(2,3)4)33-45(52)57(11,12)13)24-22-38-29-43(62)25-27-49(38)61(51)53-46(58(14,15)16)34-42(55(5,6)7)35-47(53)59(17,18)19/h20-35H,1-19H3. The Kier molecular flexibility index (Phi) is 11.4. The third-order valence-electron chi connectivity index (χ3n) is 13.6. The summed E-state index contributed by atoms with van der Waals surface area (Å²) in [5.74, 6) is 0. The van der Waals surface area contributed by atoms with Crippen molar-refractivity contribution in [3.05, 3.63) is 139 Å². The molecular formula is C59H73B2Cl. The molecule has 0 fully saturated rings. The Morgan fingerprint density at radius 2 is 0.645 bits per heavy atom. The van der Waals surface area contributed by atoms with Crippen LogP contribution in [0.15, 0.2) is 72.8 Å². The monoisotopic (exact) mass is 839 g/mol. The molecule has 0 amide bonds. The molecule has 0 atom stereocenters. The molecule has 7 rings (SSSR count). The van der Waals surface area contributed by atoms with Crippen molar-refractivity contribution < 1.29 is 0 Å². The summed E-state index contributed by atoms with van der Waals surface area (Å²) in [5.41, 5.74) is 22.7. The molecule has 2 aliphatic rings. The molecule has 3 heteroatoms. The van der Waals surface area contributed by atoms with Crippen LogP contribution in [-0.4, -0.2) is 13.4 Å². The van der Waals surface area contributed by atoms with E-state index in [4.69, 9.17) is 11.6 Å². The predicted octanol–water partition coefficient (Wildman–Crippen LogP) is 12.4. The van der Waals surface area contributed by atoms with Gasteiger partial charge in [-0.1, -0.05) is 260 Å². The van der Waals surface area contributed by atoms with Crippen molar-refractivity contribution in [3.8, 4) is 0 Å². The van der Waals surface area contributed by atoms with Gasteiger partial charge in [-0.15, -0.1) is 0 Å². The van der Waals surface area contributed by atoms with Crippen molar-refractivity contribution in [2.45, 2.75) is 164 Å². The van der Waals surface area contributed by atoms with E-state index in [1.165, 1.54) is 94.0 Å². The molecule has 322 valence electrons. The number of rotatable bonds is 2. The average Bonchev–Trinajstić information content (AvgIpc) is 3.37. The molecule has 5 aromatic carbocycles. The molecule has 0 aromatic heterocycles. The van der Waals surface area contributed by atoms with E-state index < -0.39 is 0 Å². The van der Waals surface area contributed by atoms with E-state index in [0.29, 0.717) is 0 Å². The van der Waals surface area contributed by atoms with E-state index in [1.807, 2.05) is 0 Å². The second-order valence-corrected chi connectivity index (χ2v) is 25.5. The molecule has 0 unspecified atom stereocenters. The van der Waals surface area contributed by atoms with Crippen molar-refractivity contribution in [2.75, 3.05) is 0 Å². The Hall–Kier alpha value is -4.00. The zero-order chi connectivity index (χ0) is 45.9. The lowest BCUT2D eigenvalue weighted by Crippen LogP contribution is -2.60. The molecule has 0 radical (unpaired) electrons. The molecule has 0 N–H and O–H groups in total. The molecule has 0 nitrogen and oxygen atoms in total. The molecule has 0 spiro atoms. The minimum absolute atomic E-state index is 0.000267. The summed E-state index contributed by atoms with van der Waals surface area (Å²) >= 11 is 6.88. The molecule has 5 aromatic rings. The lowest BCUT2D eigenvalue weighted by Gasteiger charge is -2.37. The van der Waals surface area contributed by atoms with Crippen LogP contribution in [0.5, 0.6) is 0 Å². The van der Waals surface area contributed by atoms with E-state index in [0.717, 1.165) is 5.02 Å². The highest BCUT2D eigenvalue weighted by atomic mass is 35.5. The number of hydrogen-bond donors (Lipinski definition) is 0. The van der Waals surface area contributed by atoms with Crippen molar-refractivity contribution in [3.63, 3.8) is 0 Å². The fourth-order valence-electron chi connectivity index (χ4n) is 10.1. The van der Waals surface area contributed by atoms with Gasteiger partial charge in [-0.05, 0) is 107 Å². The first-order chi connectivity index (χ1) is 28.4. The first-order valence-corrected chi connectivity index (χ1v) is 23.6. The highest BCUT2D eigenvalue weighted by Crippen LogP contribution is 2.37. The summed E-state index contributed by atoms with van der Waals surface area (Å²) in [6.07, 6.45) is 9.56. The maximum atomic E-state index is 6.88. The Morgan fingerprint density at radius 1 is 0.339 bits per heavy atom. The third-order valence-corrected chi connectivity index (χ3v) is 13.8. The predicted molar refractivity (Wildman–Crippen MR) is 281 cm³/mol. The molecular weight excluding hydrogens is 766 g/mol. The normalized spacial score (nSPS) is 14.6. The Labute approximate surface area is 383 Å². The zero-order valence-corrected chi connectivity index (χ0v) is 42.5. The van der Waals surface area contributed by atoms with Crippen LogP contribution in [0.4, 0.5) is 0 Å². The van der Waals surface area contributed by atoms with Crippen molar-refractivity contribution in [1.82, 2.24) is 0 Å². The minimum Gasteiger partial charge on any atom is -0.0843 e. The minimum atomic E-state index is -0.106. The smallest absolute Gasteiger partial charge is 0.0843 e. The summed E-state index contributed by atoms with van der Waals surface area (Å²) in [5, 5.41) is 0.766. The van der Waals surface area contributed by atoms with Crippen LogP contribution in [-0.2, 0) is 32.5 Å². The van der Waals surface area contributed by atoms with Crippen LogP contribution < -0.4 is 32.8 Å². The number of hydrogen-bond acceptors (Lipinski definition) is 0. The maximum absolute atomic E-state index is 6.88. The van der Waals surface area contributed by atoms with Gasteiger partial charge in [0.1, 0.15) is 0 Å². The van der Waals surface area contributed by atoms with Gasteiger partial charge >= 0.3 is 0 Å². The summed E-state index contributed by atoms with van der Waals surface area (Å²) < 4.78 is 0. The molecule has 0 aliphatic carbocycles. The average molecular weight is 839 g/mol. The largest absolute Gasteiger partial charge is 0.243 e. The lowest BCUT2D eigenvalue weighted by molar-refractivity contribution is 0.552. The Bertz CT molecular complexity index is 2390. The topological polar surface area (TPSA) is 0 Å². The molecule has 62 heavy (non-hydrogen) atoms. The van der Waals surface area contributed by atoms with Crippen LogP contribution in [0.2, 0.25) is 5.02 Å². The van der Waals surface area contributed by atoms with Gasteiger partial charge in [0.25, 0.3) is 0 Å². The van der Waals surface area contributed by atoms with Crippen molar-refractivity contribution >= 4 is 82.1 Å². The summed E-state index contributed by atoms with van der Waals surface area (Å²) in [6, 6.07) is 29.1. The van der Waals surface area contributed by atoms with Crippen LogP contribution in [0.3, 0.4) is 0 Å². The highest BCUT2D eigenvalue weighted by Gasteiger charge is 2.41. The van der Waals surface area contributed by atoms with Gasteiger partial charge in [0, 0.05) is 5.02 Å². The SMILES string of the molecule is Cc1ccc2c(c1)C=Cc1cc3c(cc1B2c1c(C(C)(C)C)cc(C(C)(C)C)cc1C(C)(C)C)C=Cc1cc(Cl)ccc1B3c1c(C(C)(C)C)cc(C(C)(C)C)cc1C(C)(C)C. The van der Waals surface area contributed by atoms with Gasteiger partial charge in [-0.3, -0.25) is 0 Å². The maximum Gasteiger partial charge on any atom is 0.243 e.